The second-order valence-corrected chi connectivity index (χ2v) is 8.63. The molecular weight excluding hydrogens is 431 g/mol. The third-order valence-electron chi connectivity index (χ3n) is 4.34. The van der Waals surface area contributed by atoms with E-state index in [0.29, 0.717) is 20.8 Å². The molecule has 0 radical (unpaired) electrons. The van der Waals surface area contributed by atoms with Gasteiger partial charge in [-0.1, -0.05) is 47.1 Å². The second kappa shape index (κ2) is 9.11. The van der Waals surface area contributed by atoms with E-state index in [0.717, 1.165) is 22.5 Å². The lowest BCUT2D eigenvalue weighted by Crippen LogP contribution is -2.26. The minimum Gasteiger partial charge on any atom is -0.497 e. The topological polar surface area (TPSA) is 53.2 Å². The van der Waals surface area contributed by atoms with Crippen LogP contribution in [0.1, 0.15) is 35.9 Å². The van der Waals surface area contributed by atoms with Crippen LogP contribution in [0.25, 0.3) is 0 Å². The number of hydrogen-bond donors (Lipinski definition) is 0. The van der Waals surface area contributed by atoms with Crippen molar-refractivity contribution in [3.8, 4) is 5.75 Å². The summed E-state index contributed by atoms with van der Waals surface area (Å²) in [5.74, 6) is 0.727. The number of carbonyl (C=O) groups excluding carboxylic acids is 1. The zero-order chi connectivity index (χ0) is 21.1. The molecule has 0 bridgehead atoms. The molecule has 29 heavy (non-hydrogen) atoms. The average Bonchev–Trinajstić information content (AvgIpc) is 2.92. The second-order valence-electron chi connectivity index (χ2n) is 6.70. The first-order valence-electron chi connectivity index (χ1n) is 8.91. The van der Waals surface area contributed by atoms with Gasteiger partial charge in [-0.15, -0.1) is 0 Å². The number of nitrogens with zero attached hydrogens (tertiary/aromatic N) is 2. The quantitative estimate of drug-likeness (QED) is 0.442. The largest absolute Gasteiger partial charge is 0.497 e. The van der Waals surface area contributed by atoms with Crippen LogP contribution in [-0.2, 0) is 6.54 Å². The third-order valence-corrected chi connectivity index (χ3v) is 5.85. The van der Waals surface area contributed by atoms with E-state index in [1.165, 1.54) is 16.3 Å². The van der Waals surface area contributed by atoms with Crippen LogP contribution < -0.4 is 10.4 Å². The summed E-state index contributed by atoms with van der Waals surface area (Å²) in [5.41, 5.74) is 0.966. The molecule has 0 saturated heterocycles. The molecule has 1 aromatic heterocycles. The van der Waals surface area contributed by atoms with Crippen molar-refractivity contribution in [1.82, 2.24) is 9.13 Å². The fourth-order valence-corrected chi connectivity index (χ4v) is 4.90. The number of ether oxygens (including phenoxy) is 1. The van der Waals surface area contributed by atoms with Gasteiger partial charge in [-0.2, -0.15) is 0 Å². The molecule has 3 rings (SSSR count). The number of benzene rings is 2. The minimum absolute atomic E-state index is 0.129. The summed E-state index contributed by atoms with van der Waals surface area (Å²) in [6.07, 6.45) is 0.721. The van der Waals surface area contributed by atoms with E-state index in [4.69, 9.17) is 27.9 Å². The van der Waals surface area contributed by atoms with Crippen molar-refractivity contribution in [2.24, 2.45) is 0 Å². The molecule has 0 spiro atoms. The van der Waals surface area contributed by atoms with Crippen molar-refractivity contribution < 1.29 is 9.53 Å². The lowest BCUT2D eigenvalue weighted by molar-refractivity contribution is 0.111. The van der Waals surface area contributed by atoms with Crippen LogP contribution >= 0.6 is 35.0 Å². The van der Waals surface area contributed by atoms with E-state index in [-0.39, 0.29) is 18.3 Å². The van der Waals surface area contributed by atoms with E-state index in [2.05, 4.69) is 0 Å². The predicted molar refractivity (Wildman–Crippen MR) is 117 cm³/mol. The summed E-state index contributed by atoms with van der Waals surface area (Å²) in [6.45, 7) is 4.09. The van der Waals surface area contributed by atoms with Crippen molar-refractivity contribution in [2.75, 3.05) is 7.11 Å². The molecule has 0 aliphatic heterocycles. The molecule has 152 valence electrons. The van der Waals surface area contributed by atoms with Crippen LogP contribution in [0.15, 0.2) is 57.2 Å². The number of imidazole rings is 1. The summed E-state index contributed by atoms with van der Waals surface area (Å²) in [5, 5.41) is 1.54. The number of hydrogen-bond acceptors (Lipinski definition) is 4. The number of aldehydes is 1. The number of methoxy groups -OCH3 is 1. The van der Waals surface area contributed by atoms with Gasteiger partial charge in [0, 0.05) is 21.0 Å². The number of rotatable bonds is 7. The molecule has 0 saturated carbocycles. The number of carbonyl (C=O) groups is 1. The molecule has 0 N–H and O–H groups in total. The van der Waals surface area contributed by atoms with Crippen LogP contribution in [0.3, 0.4) is 0 Å². The van der Waals surface area contributed by atoms with Gasteiger partial charge in [0.25, 0.3) is 0 Å². The molecule has 0 aliphatic carbocycles. The van der Waals surface area contributed by atoms with Crippen molar-refractivity contribution in [3.63, 3.8) is 0 Å². The normalized spacial score (nSPS) is 11.1. The van der Waals surface area contributed by atoms with Gasteiger partial charge in [-0.3, -0.25) is 13.9 Å². The van der Waals surface area contributed by atoms with Crippen LogP contribution in [0.4, 0.5) is 0 Å². The number of halogens is 2. The monoisotopic (exact) mass is 450 g/mol. The van der Waals surface area contributed by atoms with Crippen molar-refractivity contribution in [1.29, 1.82) is 0 Å². The molecule has 8 heteroatoms. The van der Waals surface area contributed by atoms with Gasteiger partial charge in [0.05, 0.1) is 13.7 Å². The highest BCUT2D eigenvalue weighted by Crippen LogP contribution is 2.34. The van der Waals surface area contributed by atoms with Crippen molar-refractivity contribution in [3.05, 3.63) is 74.3 Å². The molecule has 0 aliphatic rings. The molecule has 0 fully saturated rings. The molecule has 1 heterocycles. The van der Waals surface area contributed by atoms with Crippen LogP contribution in [0.5, 0.6) is 5.75 Å². The maximum absolute atomic E-state index is 13.1. The highest BCUT2D eigenvalue weighted by atomic mass is 35.5. The third kappa shape index (κ3) is 4.71. The molecule has 5 nitrogen and oxygen atoms in total. The first kappa shape index (κ1) is 21.6. The SMILES string of the molecule is COc1ccc(Cn2c(C=O)c(Sc3cc(Cl)cc(Cl)c3)n(C(C)C)c2=O)cc1. The Kier molecular flexibility index (Phi) is 6.77. The summed E-state index contributed by atoms with van der Waals surface area (Å²) in [7, 11) is 1.60. The molecule has 2 aromatic carbocycles. The lowest BCUT2D eigenvalue weighted by atomic mass is 10.2. The van der Waals surface area contributed by atoms with Gasteiger partial charge >= 0.3 is 5.69 Å². The Morgan fingerprint density at radius 3 is 2.24 bits per heavy atom. The van der Waals surface area contributed by atoms with E-state index < -0.39 is 0 Å². The van der Waals surface area contributed by atoms with Gasteiger partial charge in [0.15, 0.2) is 6.29 Å². The Morgan fingerprint density at radius 1 is 1.10 bits per heavy atom. The number of aromatic nitrogens is 2. The standard InChI is InChI=1S/C21H20Cl2N2O3S/c1-13(2)25-20(29-18-9-15(22)8-16(23)10-18)19(12-26)24(21(25)27)11-14-4-6-17(28-3)7-5-14/h4-10,12-13H,11H2,1-3H3. The zero-order valence-electron chi connectivity index (χ0n) is 16.2. The van der Waals surface area contributed by atoms with Gasteiger partial charge in [0.2, 0.25) is 0 Å². The minimum atomic E-state index is -0.242. The van der Waals surface area contributed by atoms with Gasteiger partial charge in [-0.05, 0) is 49.7 Å². The van der Waals surface area contributed by atoms with E-state index in [9.17, 15) is 9.59 Å². The Balaban J connectivity index is 2.08. The molecule has 0 amide bonds. The summed E-state index contributed by atoms with van der Waals surface area (Å²) >= 11 is 13.5. The van der Waals surface area contributed by atoms with E-state index in [1.807, 2.05) is 38.1 Å². The van der Waals surface area contributed by atoms with Crippen LogP contribution in [0, 0.1) is 0 Å². The maximum atomic E-state index is 13.1. The molecule has 0 unspecified atom stereocenters. The summed E-state index contributed by atoms with van der Waals surface area (Å²) in [4.78, 5) is 25.9. The van der Waals surface area contributed by atoms with Gasteiger partial charge < -0.3 is 4.74 Å². The van der Waals surface area contributed by atoms with Gasteiger partial charge in [0.1, 0.15) is 16.5 Å². The molecular formula is C21H20Cl2N2O3S. The van der Waals surface area contributed by atoms with Crippen LogP contribution in [-0.4, -0.2) is 22.5 Å². The van der Waals surface area contributed by atoms with E-state index in [1.54, 1.807) is 29.9 Å². The maximum Gasteiger partial charge on any atom is 0.330 e. The van der Waals surface area contributed by atoms with E-state index >= 15 is 0 Å². The Bertz CT molecular complexity index is 1070. The highest BCUT2D eigenvalue weighted by molar-refractivity contribution is 7.99. The first-order chi connectivity index (χ1) is 13.8. The molecule has 3 aromatic rings. The van der Waals surface area contributed by atoms with Gasteiger partial charge in [-0.25, -0.2) is 4.79 Å². The van der Waals surface area contributed by atoms with Crippen LogP contribution in [0.2, 0.25) is 10.0 Å². The molecule has 0 atom stereocenters. The average molecular weight is 451 g/mol. The Hall–Kier alpha value is -2.15. The fraction of sp³-hybridized carbons (Fsp3) is 0.238. The summed E-state index contributed by atoms with van der Waals surface area (Å²) in [6, 6.07) is 12.4. The Labute approximate surface area is 183 Å². The first-order valence-corrected chi connectivity index (χ1v) is 10.5. The van der Waals surface area contributed by atoms with Crippen molar-refractivity contribution in [2.45, 2.75) is 36.4 Å². The Morgan fingerprint density at radius 2 is 1.72 bits per heavy atom. The lowest BCUT2D eigenvalue weighted by Gasteiger charge is -2.11. The zero-order valence-corrected chi connectivity index (χ0v) is 18.5. The summed E-state index contributed by atoms with van der Waals surface area (Å²) < 4.78 is 8.28. The smallest absolute Gasteiger partial charge is 0.330 e. The van der Waals surface area contributed by atoms with Crippen molar-refractivity contribution >= 4 is 41.2 Å². The fourth-order valence-electron chi connectivity index (χ4n) is 3.00. The highest BCUT2D eigenvalue weighted by Gasteiger charge is 2.22. The predicted octanol–water partition coefficient (Wildman–Crippen LogP) is 5.56.